The van der Waals surface area contributed by atoms with E-state index >= 15 is 0 Å². The van der Waals surface area contributed by atoms with Crippen LogP contribution in [-0.2, 0) is 4.79 Å². The number of benzene rings is 1. The minimum Gasteiger partial charge on any atom is -0.369 e. The fourth-order valence-electron chi connectivity index (χ4n) is 6.66. The zero-order chi connectivity index (χ0) is 26.9. The maximum Gasteiger partial charge on any atom is 0.228 e. The fourth-order valence-corrected chi connectivity index (χ4v) is 7.60. The molecule has 2 unspecified atom stereocenters. The Bertz CT molecular complexity index is 1290. The summed E-state index contributed by atoms with van der Waals surface area (Å²) >= 11 is 1.69. The first-order valence-electron chi connectivity index (χ1n) is 14.5. The van der Waals surface area contributed by atoms with Crippen LogP contribution < -0.4 is 15.5 Å². The van der Waals surface area contributed by atoms with Gasteiger partial charge in [0.25, 0.3) is 0 Å². The van der Waals surface area contributed by atoms with Crippen LogP contribution in [0.25, 0.3) is 21.3 Å². The molecular formula is C30H41N7OS. The van der Waals surface area contributed by atoms with Gasteiger partial charge in [0.2, 0.25) is 11.9 Å². The molecule has 39 heavy (non-hydrogen) atoms. The van der Waals surface area contributed by atoms with Crippen molar-refractivity contribution in [2.75, 3.05) is 69.7 Å². The highest BCUT2D eigenvalue weighted by molar-refractivity contribution is 7.17. The first-order chi connectivity index (χ1) is 19.0. The van der Waals surface area contributed by atoms with Crippen LogP contribution in [0.5, 0.6) is 0 Å². The number of hydrogen-bond donors (Lipinski definition) is 1. The lowest BCUT2D eigenvalue weighted by molar-refractivity contribution is -0.122. The van der Waals surface area contributed by atoms with Crippen LogP contribution in [0.1, 0.15) is 32.1 Å². The lowest BCUT2D eigenvalue weighted by Crippen LogP contribution is -2.43. The molecule has 0 bridgehead atoms. The molecule has 208 valence electrons. The van der Waals surface area contributed by atoms with E-state index in [1.165, 1.54) is 50.0 Å². The summed E-state index contributed by atoms with van der Waals surface area (Å²) in [6.45, 7) is 7.03. The van der Waals surface area contributed by atoms with E-state index in [2.05, 4.69) is 69.4 Å². The summed E-state index contributed by atoms with van der Waals surface area (Å²) in [5.41, 5.74) is 8.09. The van der Waals surface area contributed by atoms with Gasteiger partial charge in [0.15, 0.2) is 0 Å². The van der Waals surface area contributed by atoms with E-state index in [0.29, 0.717) is 18.5 Å². The predicted molar refractivity (Wildman–Crippen MR) is 160 cm³/mol. The molecule has 3 aliphatic rings. The number of fused-ring (bicyclic) bond motifs is 1. The second kappa shape index (κ2) is 11.4. The summed E-state index contributed by atoms with van der Waals surface area (Å²) in [6.07, 6.45) is 5.40. The van der Waals surface area contributed by atoms with E-state index in [9.17, 15) is 4.79 Å². The summed E-state index contributed by atoms with van der Waals surface area (Å²) in [6, 6.07) is 11.3. The van der Waals surface area contributed by atoms with Crippen LogP contribution >= 0.6 is 11.3 Å². The second-order valence-corrected chi connectivity index (χ2v) is 12.7. The van der Waals surface area contributed by atoms with E-state index in [4.69, 9.17) is 15.7 Å². The smallest absolute Gasteiger partial charge is 0.228 e. The van der Waals surface area contributed by atoms with Crippen molar-refractivity contribution in [2.45, 2.75) is 38.1 Å². The number of anilines is 2. The zero-order valence-corrected chi connectivity index (χ0v) is 24.1. The van der Waals surface area contributed by atoms with Crippen molar-refractivity contribution in [2.24, 2.45) is 17.6 Å². The molecular weight excluding hydrogens is 506 g/mol. The number of aromatic nitrogens is 2. The van der Waals surface area contributed by atoms with Crippen LogP contribution in [0, 0.1) is 11.8 Å². The molecule has 0 aliphatic carbocycles. The molecule has 9 heteroatoms. The third kappa shape index (κ3) is 5.62. The number of primary amides is 1. The number of likely N-dealkylation sites (N-methyl/N-ethyl adjacent to an activating group) is 2. The number of amides is 1. The monoisotopic (exact) mass is 547 g/mol. The van der Waals surface area contributed by atoms with Gasteiger partial charge in [-0.1, -0.05) is 30.3 Å². The molecule has 3 aromatic rings. The number of piperidine rings is 2. The standard InChI is InChI=1S/C30H41N7OS/c1-34-14-12-24(19-34)35(2)17-21-10-15-36(16-11-21)28-26-25(22-7-4-3-5-8-22)20-39-29(26)33-30(32-28)37-13-6-9-23(18-37)27(31)38/h3-5,7-8,20-21,23-24H,6,9-19H2,1-2H3,(H2,31,38). The molecule has 1 aromatic carbocycles. The third-order valence-electron chi connectivity index (χ3n) is 9.04. The molecule has 3 saturated heterocycles. The summed E-state index contributed by atoms with van der Waals surface area (Å²) < 4.78 is 0. The van der Waals surface area contributed by atoms with Crippen molar-refractivity contribution >= 4 is 39.2 Å². The van der Waals surface area contributed by atoms with E-state index in [-0.39, 0.29) is 11.8 Å². The van der Waals surface area contributed by atoms with Gasteiger partial charge in [-0.25, -0.2) is 4.98 Å². The Morgan fingerprint density at radius 3 is 2.54 bits per heavy atom. The number of nitrogens with two attached hydrogens (primary N) is 1. The Kier molecular flexibility index (Phi) is 7.73. The van der Waals surface area contributed by atoms with Crippen molar-refractivity contribution in [3.05, 3.63) is 35.7 Å². The third-order valence-corrected chi connectivity index (χ3v) is 9.92. The molecule has 0 saturated carbocycles. The quantitative estimate of drug-likeness (QED) is 0.480. The Morgan fingerprint density at radius 2 is 1.82 bits per heavy atom. The molecule has 8 nitrogen and oxygen atoms in total. The highest BCUT2D eigenvalue weighted by atomic mass is 32.1. The number of rotatable bonds is 7. The SMILES string of the molecule is CN1CCC(N(C)CC2CCN(c3nc(N4CCCC(C(N)=O)C4)nc4scc(-c5ccccc5)c34)CC2)C1. The van der Waals surface area contributed by atoms with Crippen molar-refractivity contribution in [1.82, 2.24) is 19.8 Å². The molecule has 1 amide bonds. The molecule has 0 spiro atoms. The molecule has 5 heterocycles. The highest BCUT2D eigenvalue weighted by Crippen LogP contribution is 2.41. The normalized spacial score (nSPS) is 23.3. The summed E-state index contributed by atoms with van der Waals surface area (Å²) in [4.78, 5) is 33.0. The van der Waals surface area contributed by atoms with Crippen molar-refractivity contribution < 1.29 is 4.79 Å². The van der Waals surface area contributed by atoms with Gasteiger partial charge in [-0.3, -0.25) is 4.79 Å². The molecule has 0 radical (unpaired) electrons. The van der Waals surface area contributed by atoms with Crippen LogP contribution in [0.2, 0.25) is 0 Å². The topological polar surface area (TPSA) is 81.8 Å². The maximum absolute atomic E-state index is 12.0. The van der Waals surface area contributed by atoms with Gasteiger partial charge in [-0.05, 0) is 64.2 Å². The van der Waals surface area contributed by atoms with Gasteiger partial charge in [0, 0.05) is 56.3 Å². The number of likely N-dealkylation sites (tertiary alicyclic amines) is 1. The Balaban J connectivity index is 1.27. The van der Waals surface area contributed by atoms with Gasteiger partial charge in [0.1, 0.15) is 10.6 Å². The molecule has 2 atom stereocenters. The zero-order valence-electron chi connectivity index (χ0n) is 23.3. The Morgan fingerprint density at radius 1 is 1.03 bits per heavy atom. The van der Waals surface area contributed by atoms with Crippen LogP contribution in [-0.4, -0.2) is 91.6 Å². The molecule has 6 rings (SSSR count). The predicted octanol–water partition coefficient (Wildman–Crippen LogP) is 3.91. The van der Waals surface area contributed by atoms with Gasteiger partial charge in [-0.2, -0.15) is 4.98 Å². The summed E-state index contributed by atoms with van der Waals surface area (Å²) in [5, 5.41) is 3.38. The largest absolute Gasteiger partial charge is 0.369 e. The maximum atomic E-state index is 12.0. The average Bonchev–Trinajstić information content (AvgIpc) is 3.60. The Labute approximate surface area is 235 Å². The lowest BCUT2D eigenvalue weighted by Gasteiger charge is -2.37. The van der Waals surface area contributed by atoms with Crippen molar-refractivity contribution in [3.8, 4) is 11.1 Å². The number of carbonyl (C=O) groups excluding carboxylic acids is 1. The molecule has 2 N–H and O–H groups in total. The molecule has 3 fully saturated rings. The molecule has 3 aliphatic heterocycles. The van der Waals surface area contributed by atoms with E-state index in [1.54, 1.807) is 11.3 Å². The second-order valence-electron chi connectivity index (χ2n) is 11.8. The molecule has 2 aromatic heterocycles. The van der Waals surface area contributed by atoms with Gasteiger partial charge in [0.05, 0.1) is 11.3 Å². The first-order valence-corrected chi connectivity index (χ1v) is 15.4. The van der Waals surface area contributed by atoms with E-state index < -0.39 is 0 Å². The average molecular weight is 548 g/mol. The van der Waals surface area contributed by atoms with Crippen molar-refractivity contribution in [1.29, 1.82) is 0 Å². The Hall–Kier alpha value is -2.75. The van der Waals surface area contributed by atoms with E-state index in [0.717, 1.165) is 54.5 Å². The lowest BCUT2D eigenvalue weighted by atomic mass is 9.95. The summed E-state index contributed by atoms with van der Waals surface area (Å²) in [5.74, 6) is 2.12. The highest BCUT2D eigenvalue weighted by Gasteiger charge is 2.30. The van der Waals surface area contributed by atoms with Gasteiger partial charge < -0.3 is 25.3 Å². The van der Waals surface area contributed by atoms with Gasteiger partial charge >= 0.3 is 0 Å². The van der Waals surface area contributed by atoms with E-state index in [1.807, 2.05) is 0 Å². The summed E-state index contributed by atoms with van der Waals surface area (Å²) in [7, 11) is 4.54. The first kappa shape index (κ1) is 26.5. The number of thiophene rings is 1. The minimum atomic E-state index is -0.222. The minimum absolute atomic E-state index is 0.142. The van der Waals surface area contributed by atoms with Crippen molar-refractivity contribution in [3.63, 3.8) is 0 Å². The van der Waals surface area contributed by atoms with Crippen LogP contribution in [0.15, 0.2) is 35.7 Å². The van der Waals surface area contributed by atoms with Crippen LogP contribution in [0.4, 0.5) is 11.8 Å². The van der Waals surface area contributed by atoms with Gasteiger partial charge in [-0.15, -0.1) is 11.3 Å². The number of nitrogens with zero attached hydrogens (tertiary/aromatic N) is 6. The van der Waals surface area contributed by atoms with Crippen LogP contribution in [0.3, 0.4) is 0 Å². The fraction of sp³-hybridized carbons (Fsp3) is 0.567. The number of carbonyl (C=O) groups is 1. The number of hydrogen-bond acceptors (Lipinski definition) is 8.